The lowest BCUT2D eigenvalue weighted by molar-refractivity contribution is 0.597. The van der Waals surface area contributed by atoms with Gasteiger partial charge in [-0.2, -0.15) is 0 Å². The maximum atomic E-state index is 11.1. The van der Waals surface area contributed by atoms with Crippen LogP contribution < -0.4 is 10.5 Å². The molecule has 0 fully saturated rings. The zero-order valence-corrected chi connectivity index (χ0v) is 11.3. The van der Waals surface area contributed by atoms with Crippen molar-refractivity contribution in [3.05, 3.63) is 53.9 Å². The molecule has 0 amide bonds. The van der Waals surface area contributed by atoms with E-state index in [0.717, 1.165) is 30.8 Å². The molecule has 6 heteroatoms. The minimum Gasteiger partial charge on any atom is -0.364 e. The van der Waals surface area contributed by atoms with Crippen molar-refractivity contribution in [1.29, 1.82) is 0 Å². The average Bonchev–Trinajstić information content (AvgIpc) is 2.87. The molecule has 1 aromatic heterocycles. The number of primary sulfonamides is 1. The first-order valence-electron chi connectivity index (χ1n) is 6.00. The Hall–Kier alpha value is -1.63. The zero-order chi connectivity index (χ0) is 13.7. The molecule has 0 aliphatic rings. The molecule has 0 atom stereocenters. The van der Waals surface area contributed by atoms with Gasteiger partial charge in [-0.15, -0.1) is 0 Å². The fourth-order valence-corrected chi connectivity index (χ4v) is 2.29. The third-order valence-corrected chi connectivity index (χ3v) is 3.75. The largest absolute Gasteiger partial charge is 0.364 e. The van der Waals surface area contributed by atoms with Crippen molar-refractivity contribution in [3.8, 4) is 0 Å². The molecule has 2 aromatic rings. The number of aromatic amines is 1. The number of benzene rings is 1. The highest BCUT2D eigenvalue weighted by Crippen LogP contribution is 2.08. The van der Waals surface area contributed by atoms with Gasteiger partial charge in [-0.3, -0.25) is 0 Å². The Balaban J connectivity index is 1.80. The third kappa shape index (κ3) is 4.20. The Morgan fingerprint density at radius 3 is 2.47 bits per heavy atom. The van der Waals surface area contributed by atoms with Crippen molar-refractivity contribution in [3.63, 3.8) is 0 Å². The summed E-state index contributed by atoms with van der Waals surface area (Å²) in [6.07, 6.45) is 2.73. The van der Waals surface area contributed by atoms with Gasteiger partial charge >= 0.3 is 0 Å². The highest BCUT2D eigenvalue weighted by atomic mass is 32.2. The maximum absolute atomic E-state index is 11.1. The minimum atomic E-state index is -3.59. The lowest BCUT2D eigenvalue weighted by Crippen LogP contribution is -2.17. The molecule has 1 heterocycles. The smallest absolute Gasteiger partial charge is 0.238 e. The number of hydrogen-bond donors (Lipinski definition) is 3. The molecular weight excluding hydrogens is 262 g/mol. The van der Waals surface area contributed by atoms with Crippen LogP contribution in [0.2, 0.25) is 0 Å². The van der Waals surface area contributed by atoms with E-state index >= 15 is 0 Å². The van der Waals surface area contributed by atoms with Crippen LogP contribution in [-0.2, 0) is 23.0 Å². The third-order valence-electron chi connectivity index (χ3n) is 2.82. The van der Waals surface area contributed by atoms with Crippen LogP contribution in [0.15, 0.2) is 47.5 Å². The second kappa shape index (κ2) is 6.01. The predicted octanol–water partition coefficient (Wildman–Crippen LogP) is 0.994. The molecule has 0 unspecified atom stereocenters. The molecule has 4 N–H and O–H groups in total. The van der Waals surface area contributed by atoms with Crippen molar-refractivity contribution in [1.82, 2.24) is 10.3 Å². The Morgan fingerprint density at radius 1 is 1.16 bits per heavy atom. The summed E-state index contributed by atoms with van der Waals surface area (Å²) in [5, 5.41) is 8.35. The molecule has 1 aromatic carbocycles. The van der Waals surface area contributed by atoms with Crippen LogP contribution in [0.4, 0.5) is 0 Å². The minimum absolute atomic E-state index is 0.149. The van der Waals surface area contributed by atoms with E-state index in [2.05, 4.69) is 10.3 Å². The molecule has 0 aliphatic carbocycles. The average molecular weight is 279 g/mol. The molecular formula is C13H17N3O2S. The summed E-state index contributed by atoms with van der Waals surface area (Å²) in [6, 6.07) is 10.6. The van der Waals surface area contributed by atoms with Gasteiger partial charge in [0, 0.05) is 18.4 Å². The van der Waals surface area contributed by atoms with E-state index in [0.29, 0.717) is 0 Å². The summed E-state index contributed by atoms with van der Waals surface area (Å²) in [6.45, 7) is 1.62. The lowest BCUT2D eigenvalue weighted by Gasteiger charge is -2.05. The van der Waals surface area contributed by atoms with Crippen molar-refractivity contribution >= 4 is 10.0 Å². The summed E-state index contributed by atoms with van der Waals surface area (Å²) in [4.78, 5) is 3.27. The van der Waals surface area contributed by atoms with Gasteiger partial charge in [0.25, 0.3) is 0 Å². The molecule has 5 nitrogen and oxygen atoms in total. The first kappa shape index (κ1) is 13.8. The van der Waals surface area contributed by atoms with Crippen molar-refractivity contribution in [2.24, 2.45) is 5.14 Å². The van der Waals surface area contributed by atoms with E-state index in [-0.39, 0.29) is 4.90 Å². The second-order valence-corrected chi connectivity index (χ2v) is 5.87. The Bertz CT molecular complexity index is 604. The van der Waals surface area contributed by atoms with Gasteiger partial charge in [0.1, 0.15) is 0 Å². The molecule has 0 saturated carbocycles. The molecule has 0 spiro atoms. The Morgan fingerprint density at radius 2 is 1.89 bits per heavy atom. The highest BCUT2D eigenvalue weighted by Gasteiger charge is 2.06. The Labute approximate surface area is 112 Å². The standard InChI is InChI=1S/C13H17N3O2S/c14-19(17,18)13-5-3-11(4-6-13)7-9-15-10-12-2-1-8-16-12/h1-6,8,15-16H,7,9-10H2,(H2,14,17,18). The van der Waals surface area contributed by atoms with Crippen LogP contribution in [-0.4, -0.2) is 19.9 Å². The Kier molecular flexibility index (Phi) is 4.36. The van der Waals surface area contributed by atoms with E-state index in [1.807, 2.05) is 18.3 Å². The monoisotopic (exact) mass is 279 g/mol. The molecule has 0 bridgehead atoms. The zero-order valence-electron chi connectivity index (χ0n) is 10.5. The van der Waals surface area contributed by atoms with E-state index in [1.54, 1.807) is 12.1 Å². The number of hydrogen-bond acceptors (Lipinski definition) is 3. The lowest BCUT2D eigenvalue weighted by atomic mass is 10.1. The number of aromatic nitrogens is 1. The van der Waals surface area contributed by atoms with E-state index in [9.17, 15) is 8.42 Å². The van der Waals surface area contributed by atoms with Crippen LogP contribution in [0.5, 0.6) is 0 Å². The van der Waals surface area contributed by atoms with Gasteiger partial charge in [-0.1, -0.05) is 12.1 Å². The predicted molar refractivity (Wildman–Crippen MR) is 74.0 cm³/mol. The number of sulfonamides is 1. The van der Waals surface area contributed by atoms with Gasteiger partial charge in [0.2, 0.25) is 10.0 Å². The summed E-state index contributed by atoms with van der Waals surface area (Å²) >= 11 is 0. The van der Waals surface area contributed by atoms with Crippen LogP contribution >= 0.6 is 0 Å². The van der Waals surface area contributed by atoms with Gasteiger partial charge < -0.3 is 10.3 Å². The van der Waals surface area contributed by atoms with Crippen LogP contribution in [0.25, 0.3) is 0 Å². The topological polar surface area (TPSA) is 88.0 Å². The second-order valence-electron chi connectivity index (χ2n) is 4.31. The first-order valence-corrected chi connectivity index (χ1v) is 7.55. The number of nitrogens with two attached hydrogens (primary N) is 1. The van der Waals surface area contributed by atoms with Gasteiger partial charge in [-0.25, -0.2) is 13.6 Å². The molecule has 0 radical (unpaired) electrons. The molecule has 2 rings (SSSR count). The van der Waals surface area contributed by atoms with E-state index in [1.165, 1.54) is 12.1 Å². The summed E-state index contributed by atoms with van der Waals surface area (Å²) in [7, 11) is -3.59. The number of nitrogens with one attached hydrogen (secondary N) is 2. The summed E-state index contributed by atoms with van der Waals surface area (Å²) in [5.41, 5.74) is 2.22. The van der Waals surface area contributed by atoms with E-state index in [4.69, 9.17) is 5.14 Å². The van der Waals surface area contributed by atoms with Gasteiger partial charge in [0.05, 0.1) is 4.90 Å². The normalized spacial score (nSPS) is 11.6. The molecule has 0 saturated heterocycles. The quantitative estimate of drug-likeness (QED) is 0.689. The van der Waals surface area contributed by atoms with E-state index < -0.39 is 10.0 Å². The maximum Gasteiger partial charge on any atom is 0.238 e. The molecule has 19 heavy (non-hydrogen) atoms. The molecule has 102 valence electrons. The van der Waals surface area contributed by atoms with Crippen LogP contribution in [0.1, 0.15) is 11.3 Å². The molecule has 0 aliphatic heterocycles. The van der Waals surface area contributed by atoms with Crippen LogP contribution in [0.3, 0.4) is 0 Å². The van der Waals surface area contributed by atoms with Crippen molar-refractivity contribution in [2.45, 2.75) is 17.9 Å². The van der Waals surface area contributed by atoms with Crippen molar-refractivity contribution in [2.75, 3.05) is 6.54 Å². The fraction of sp³-hybridized carbons (Fsp3) is 0.231. The summed E-state index contributed by atoms with van der Waals surface area (Å²) in [5.74, 6) is 0. The first-order chi connectivity index (χ1) is 9.05. The highest BCUT2D eigenvalue weighted by molar-refractivity contribution is 7.89. The fourth-order valence-electron chi connectivity index (χ4n) is 1.78. The van der Waals surface area contributed by atoms with Crippen LogP contribution in [0, 0.1) is 0 Å². The summed E-state index contributed by atoms with van der Waals surface area (Å²) < 4.78 is 22.2. The van der Waals surface area contributed by atoms with Gasteiger partial charge in [0.15, 0.2) is 0 Å². The van der Waals surface area contributed by atoms with Gasteiger partial charge in [-0.05, 0) is 42.8 Å². The number of H-pyrrole nitrogens is 1. The SMILES string of the molecule is NS(=O)(=O)c1ccc(CCNCc2ccc[nH]2)cc1. The number of rotatable bonds is 6. The van der Waals surface area contributed by atoms with Crippen molar-refractivity contribution < 1.29 is 8.42 Å².